The van der Waals surface area contributed by atoms with Crippen LogP contribution in [0.2, 0.25) is 0 Å². The summed E-state index contributed by atoms with van der Waals surface area (Å²) >= 11 is 0. The third kappa shape index (κ3) is 2.87. The number of H-pyrrole nitrogens is 1. The summed E-state index contributed by atoms with van der Waals surface area (Å²) in [5.41, 5.74) is 2.23. The number of aromatic nitrogens is 3. The second kappa shape index (κ2) is 6.27. The van der Waals surface area contributed by atoms with Gasteiger partial charge in [0.1, 0.15) is 0 Å². The fourth-order valence-corrected chi connectivity index (χ4v) is 2.89. The van der Waals surface area contributed by atoms with Crippen LogP contribution in [0.4, 0.5) is 0 Å². The van der Waals surface area contributed by atoms with E-state index >= 15 is 0 Å². The van der Waals surface area contributed by atoms with E-state index in [1.165, 1.54) is 0 Å². The lowest BCUT2D eigenvalue weighted by molar-refractivity contribution is 0.0228. The van der Waals surface area contributed by atoms with E-state index in [1.54, 1.807) is 12.4 Å². The van der Waals surface area contributed by atoms with Crippen molar-refractivity contribution in [2.75, 3.05) is 0 Å². The van der Waals surface area contributed by atoms with Gasteiger partial charge in [0.2, 0.25) is 0 Å². The number of hydrogen-bond acceptors (Lipinski definition) is 4. The first-order valence-electron chi connectivity index (χ1n) is 7.61. The Morgan fingerprint density at radius 1 is 1.50 bits per heavy atom. The maximum Gasteiger partial charge on any atom is 0.255 e. The molecule has 0 radical (unpaired) electrons. The van der Waals surface area contributed by atoms with E-state index < -0.39 is 0 Å². The number of carbonyl (C=O) groups is 1. The Bertz CT molecular complexity index is 635. The van der Waals surface area contributed by atoms with Gasteiger partial charge < -0.3 is 10.4 Å². The Labute approximate surface area is 129 Å². The predicted molar refractivity (Wildman–Crippen MR) is 81.1 cm³/mol. The number of nitrogens with zero attached hydrogens (tertiary/aromatic N) is 2. The molecule has 1 fully saturated rings. The number of nitrogens with one attached hydrogen (secondary N) is 2. The standard InChI is InChI=1S/C16H20N4O2/c1-2-13-12(9-18-20-13)16(22)19-15(10-7-11(21)8-10)14-5-3-4-6-17-14/h3-6,9-11,15,21H,2,7-8H2,1H3,(H,18,20)(H,19,22)/t10?,11?,15-/m1/s1. The summed E-state index contributed by atoms with van der Waals surface area (Å²) < 4.78 is 0. The zero-order chi connectivity index (χ0) is 15.5. The van der Waals surface area contributed by atoms with Crippen molar-refractivity contribution in [3.63, 3.8) is 0 Å². The molecule has 2 heterocycles. The van der Waals surface area contributed by atoms with Crippen LogP contribution in [0.5, 0.6) is 0 Å². The molecule has 0 aromatic carbocycles. The molecule has 1 aliphatic rings. The van der Waals surface area contributed by atoms with Crippen LogP contribution < -0.4 is 5.32 Å². The van der Waals surface area contributed by atoms with Crippen LogP contribution in [0, 0.1) is 5.92 Å². The molecule has 2 aromatic heterocycles. The van der Waals surface area contributed by atoms with Gasteiger partial charge in [0, 0.05) is 11.9 Å². The highest BCUT2D eigenvalue weighted by Gasteiger charge is 2.36. The fraction of sp³-hybridized carbons (Fsp3) is 0.438. The maximum atomic E-state index is 12.5. The number of hydrogen-bond donors (Lipinski definition) is 3. The van der Waals surface area contributed by atoms with Gasteiger partial charge in [0.15, 0.2) is 0 Å². The van der Waals surface area contributed by atoms with E-state index in [9.17, 15) is 9.90 Å². The van der Waals surface area contributed by atoms with Crippen molar-refractivity contribution in [2.24, 2.45) is 5.92 Å². The first-order chi connectivity index (χ1) is 10.7. The van der Waals surface area contributed by atoms with E-state index in [4.69, 9.17) is 0 Å². The van der Waals surface area contributed by atoms with Crippen molar-refractivity contribution in [3.05, 3.63) is 47.5 Å². The SMILES string of the molecule is CCc1[nH]ncc1C(=O)N[C@@H](c1ccccn1)C1CC(O)C1. The molecular weight excluding hydrogens is 280 g/mol. The number of aromatic amines is 1. The number of aryl methyl sites for hydroxylation is 1. The maximum absolute atomic E-state index is 12.5. The first-order valence-corrected chi connectivity index (χ1v) is 7.61. The predicted octanol–water partition coefficient (Wildman–Crippen LogP) is 1.61. The molecule has 1 saturated carbocycles. The second-order valence-corrected chi connectivity index (χ2v) is 5.71. The first kappa shape index (κ1) is 14.7. The summed E-state index contributed by atoms with van der Waals surface area (Å²) in [6, 6.07) is 5.48. The number of amides is 1. The summed E-state index contributed by atoms with van der Waals surface area (Å²) in [6.07, 6.45) is 5.10. The molecule has 116 valence electrons. The van der Waals surface area contributed by atoms with Crippen molar-refractivity contribution < 1.29 is 9.90 Å². The lowest BCUT2D eigenvalue weighted by atomic mass is 9.76. The third-order valence-electron chi connectivity index (χ3n) is 4.23. The summed E-state index contributed by atoms with van der Waals surface area (Å²) in [5.74, 6) is 0.0634. The third-order valence-corrected chi connectivity index (χ3v) is 4.23. The molecule has 2 aromatic rings. The van der Waals surface area contributed by atoms with Gasteiger partial charge in [-0.3, -0.25) is 14.9 Å². The fourth-order valence-electron chi connectivity index (χ4n) is 2.89. The van der Waals surface area contributed by atoms with Crippen LogP contribution >= 0.6 is 0 Å². The minimum Gasteiger partial charge on any atom is -0.393 e. The molecule has 0 unspecified atom stereocenters. The lowest BCUT2D eigenvalue weighted by Gasteiger charge is -2.37. The molecular formula is C16H20N4O2. The average Bonchev–Trinajstić information content (AvgIpc) is 2.99. The van der Waals surface area contributed by atoms with Crippen molar-refractivity contribution in [3.8, 4) is 0 Å². The summed E-state index contributed by atoms with van der Waals surface area (Å²) in [6.45, 7) is 1.98. The molecule has 1 atom stereocenters. The molecule has 6 heteroatoms. The van der Waals surface area contributed by atoms with E-state index in [-0.39, 0.29) is 24.0 Å². The van der Waals surface area contributed by atoms with Crippen LogP contribution in [0.3, 0.4) is 0 Å². The zero-order valence-corrected chi connectivity index (χ0v) is 12.5. The van der Waals surface area contributed by atoms with Crippen LogP contribution in [-0.2, 0) is 6.42 Å². The van der Waals surface area contributed by atoms with Gasteiger partial charge >= 0.3 is 0 Å². The molecule has 0 saturated heterocycles. The topological polar surface area (TPSA) is 90.9 Å². The van der Waals surface area contributed by atoms with Gasteiger partial charge in [-0.15, -0.1) is 0 Å². The number of aliphatic hydroxyl groups is 1. The van der Waals surface area contributed by atoms with E-state index in [2.05, 4.69) is 20.5 Å². The van der Waals surface area contributed by atoms with E-state index in [0.29, 0.717) is 18.4 Å². The molecule has 0 aliphatic heterocycles. The monoisotopic (exact) mass is 300 g/mol. The summed E-state index contributed by atoms with van der Waals surface area (Å²) in [4.78, 5) is 16.9. The Kier molecular flexibility index (Phi) is 4.20. The number of pyridine rings is 1. The highest BCUT2D eigenvalue weighted by atomic mass is 16.3. The smallest absolute Gasteiger partial charge is 0.255 e. The zero-order valence-electron chi connectivity index (χ0n) is 12.5. The van der Waals surface area contributed by atoms with Gasteiger partial charge in [-0.05, 0) is 37.3 Å². The van der Waals surface area contributed by atoms with Gasteiger partial charge in [0.05, 0.1) is 29.6 Å². The number of carbonyl (C=O) groups excluding carboxylic acids is 1. The molecule has 6 nitrogen and oxygen atoms in total. The highest BCUT2D eigenvalue weighted by molar-refractivity contribution is 5.95. The van der Waals surface area contributed by atoms with Gasteiger partial charge in [-0.2, -0.15) is 5.10 Å². The van der Waals surface area contributed by atoms with Crippen molar-refractivity contribution in [1.29, 1.82) is 0 Å². The number of rotatable bonds is 5. The second-order valence-electron chi connectivity index (χ2n) is 5.71. The molecule has 1 aliphatic carbocycles. The molecule has 3 N–H and O–H groups in total. The Balaban J connectivity index is 1.80. The van der Waals surface area contributed by atoms with Gasteiger partial charge in [-0.1, -0.05) is 13.0 Å². The average molecular weight is 300 g/mol. The van der Waals surface area contributed by atoms with Crippen molar-refractivity contribution >= 4 is 5.91 Å². The Morgan fingerprint density at radius 3 is 2.95 bits per heavy atom. The van der Waals surface area contributed by atoms with Crippen molar-refractivity contribution in [2.45, 2.75) is 38.3 Å². The summed E-state index contributed by atoms with van der Waals surface area (Å²) in [7, 11) is 0. The molecule has 22 heavy (non-hydrogen) atoms. The van der Waals surface area contributed by atoms with Crippen LogP contribution in [0.1, 0.15) is 47.6 Å². The molecule has 1 amide bonds. The molecule has 0 bridgehead atoms. The van der Waals surface area contributed by atoms with Gasteiger partial charge in [-0.25, -0.2) is 0 Å². The Hall–Kier alpha value is -2.21. The normalized spacial score (nSPS) is 21.9. The van der Waals surface area contributed by atoms with Gasteiger partial charge in [0.25, 0.3) is 5.91 Å². The number of aliphatic hydroxyl groups excluding tert-OH is 1. The van der Waals surface area contributed by atoms with Crippen LogP contribution in [0.15, 0.2) is 30.6 Å². The highest BCUT2D eigenvalue weighted by Crippen LogP contribution is 2.37. The van der Waals surface area contributed by atoms with Crippen LogP contribution in [-0.4, -0.2) is 32.3 Å². The summed E-state index contributed by atoms with van der Waals surface area (Å²) in [5, 5.41) is 19.4. The molecule has 3 rings (SSSR count). The molecule has 0 spiro atoms. The minimum absolute atomic E-state index is 0.150. The quantitative estimate of drug-likeness (QED) is 0.782. The lowest BCUT2D eigenvalue weighted by Crippen LogP contribution is -2.41. The van der Waals surface area contributed by atoms with Crippen molar-refractivity contribution in [1.82, 2.24) is 20.5 Å². The van der Waals surface area contributed by atoms with Crippen LogP contribution in [0.25, 0.3) is 0 Å². The van der Waals surface area contributed by atoms with E-state index in [0.717, 1.165) is 17.8 Å². The minimum atomic E-state index is -0.270. The Morgan fingerprint density at radius 2 is 2.32 bits per heavy atom. The largest absolute Gasteiger partial charge is 0.393 e. The van der Waals surface area contributed by atoms with E-state index in [1.807, 2.05) is 25.1 Å².